The molecule has 0 N–H and O–H groups in total. The number of nitrogens with zero attached hydrogens (tertiary/aromatic N) is 3. The maximum Gasteiger partial charge on any atom is 0.247 e. The van der Waals surface area contributed by atoms with Crippen LogP contribution in [-0.4, -0.2) is 29.0 Å². The first-order chi connectivity index (χ1) is 13.3. The van der Waals surface area contributed by atoms with Gasteiger partial charge in [-0.1, -0.05) is 44.2 Å². The molecular formula is C21H25N3O3S. The molecule has 2 aromatic carbocycles. The van der Waals surface area contributed by atoms with Crippen LogP contribution >= 0.6 is 0 Å². The normalized spacial score (nSPS) is 12.2. The van der Waals surface area contributed by atoms with E-state index in [0.29, 0.717) is 11.8 Å². The van der Waals surface area contributed by atoms with Gasteiger partial charge in [0.1, 0.15) is 0 Å². The summed E-state index contributed by atoms with van der Waals surface area (Å²) in [5, 5.41) is 8.08. The lowest BCUT2D eigenvalue weighted by atomic mass is 10.0. The third-order valence-electron chi connectivity index (χ3n) is 4.51. The van der Waals surface area contributed by atoms with Crippen LogP contribution in [0.15, 0.2) is 63.9 Å². The first-order valence-corrected chi connectivity index (χ1v) is 10.7. The number of benzene rings is 2. The summed E-state index contributed by atoms with van der Waals surface area (Å²) in [4.78, 5) is 0.258. The molecule has 0 aliphatic rings. The fourth-order valence-corrected chi connectivity index (χ4v) is 4.44. The molecule has 0 fully saturated rings. The quantitative estimate of drug-likeness (QED) is 0.586. The third kappa shape index (κ3) is 4.31. The van der Waals surface area contributed by atoms with E-state index in [1.165, 1.54) is 4.31 Å². The average molecular weight is 400 g/mol. The Morgan fingerprint density at radius 2 is 1.57 bits per heavy atom. The minimum absolute atomic E-state index is 0.0196. The standard InChI is InChI=1S/C21H25N3O3S/c1-15(2)17-10-12-19(13-11-17)28(25,26)24(16(3)4)14-20-22-23-21(27-20)18-8-6-5-7-9-18/h5-13,15-16H,14H2,1-4H3. The van der Waals surface area contributed by atoms with Crippen molar-refractivity contribution >= 4 is 10.0 Å². The first-order valence-electron chi connectivity index (χ1n) is 9.28. The van der Waals surface area contributed by atoms with E-state index >= 15 is 0 Å². The molecule has 0 amide bonds. The van der Waals surface area contributed by atoms with Crippen LogP contribution in [0.1, 0.15) is 45.1 Å². The number of rotatable bonds is 7. The average Bonchev–Trinajstić information content (AvgIpc) is 3.15. The molecule has 0 radical (unpaired) electrons. The van der Waals surface area contributed by atoms with Crippen LogP contribution in [0.25, 0.3) is 11.5 Å². The fraction of sp³-hybridized carbons (Fsp3) is 0.333. The summed E-state index contributed by atoms with van der Waals surface area (Å²) < 4.78 is 33.4. The van der Waals surface area contributed by atoms with Crippen LogP contribution in [0.3, 0.4) is 0 Å². The third-order valence-corrected chi connectivity index (χ3v) is 6.54. The Balaban J connectivity index is 1.86. The fourth-order valence-electron chi connectivity index (χ4n) is 2.85. The van der Waals surface area contributed by atoms with E-state index in [0.717, 1.165) is 11.1 Å². The molecule has 0 unspecified atom stereocenters. The minimum atomic E-state index is -3.69. The molecule has 0 atom stereocenters. The van der Waals surface area contributed by atoms with E-state index in [2.05, 4.69) is 24.0 Å². The van der Waals surface area contributed by atoms with Gasteiger partial charge in [0.05, 0.1) is 11.4 Å². The first kappa shape index (κ1) is 20.2. The van der Waals surface area contributed by atoms with Gasteiger partial charge in [-0.25, -0.2) is 8.42 Å². The van der Waals surface area contributed by atoms with E-state index in [1.54, 1.807) is 12.1 Å². The van der Waals surface area contributed by atoms with Crippen molar-refractivity contribution in [3.05, 3.63) is 66.1 Å². The van der Waals surface area contributed by atoms with Gasteiger partial charge in [-0.3, -0.25) is 0 Å². The monoisotopic (exact) mass is 399 g/mol. The Kier molecular flexibility index (Phi) is 5.96. The molecular weight excluding hydrogens is 374 g/mol. The van der Waals surface area contributed by atoms with Crippen LogP contribution in [-0.2, 0) is 16.6 Å². The van der Waals surface area contributed by atoms with Gasteiger partial charge in [0.25, 0.3) is 0 Å². The van der Waals surface area contributed by atoms with Crippen molar-refractivity contribution in [1.29, 1.82) is 0 Å². The van der Waals surface area contributed by atoms with Crippen LogP contribution in [0.5, 0.6) is 0 Å². The van der Waals surface area contributed by atoms with Crippen molar-refractivity contribution in [3.8, 4) is 11.5 Å². The van der Waals surface area contributed by atoms with Crippen molar-refractivity contribution in [1.82, 2.24) is 14.5 Å². The number of aromatic nitrogens is 2. The van der Waals surface area contributed by atoms with E-state index < -0.39 is 10.0 Å². The van der Waals surface area contributed by atoms with Gasteiger partial charge in [-0.2, -0.15) is 4.31 Å². The topological polar surface area (TPSA) is 76.3 Å². The van der Waals surface area contributed by atoms with Gasteiger partial charge in [-0.05, 0) is 49.6 Å². The molecule has 0 bridgehead atoms. The molecule has 148 valence electrons. The van der Waals surface area contributed by atoms with Crippen LogP contribution in [0, 0.1) is 0 Å². The summed E-state index contributed by atoms with van der Waals surface area (Å²) in [5.41, 5.74) is 1.89. The summed E-state index contributed by atoms with van der Waals surface area (Å²) in [6.45, 7) is 7.82. The molecule has 7 heteroatoms. The van der Waals surface area contributed by atoms with Gasteiger partial charge in [-0.15, -0.1) is 10.2 Å². The molecule has 6 nitrogen and oxygen atoms in total. The predicted molar refractivity (Wildman–Crippen MR) is 108 cm³/mol. The molecule has 28 heavy (non-hydrogen) atoms. The van der Waals surface area contributed by atoms with Crippen LogP contribution < -0.4 is 0 Å². The van der Waals surface area contributed by atoms with Crippen molar-refractivity contribution in [2.75, 3.05) is 0 Å². The summed E-state index contributed by atoms with van der Waals surface area (Å²) in [5.74, 6) is 0.973. The summed E-state index contributed by atoms with van der Waals surface area (Å²) in [6.07, 6.45) is 0. The molecule has 0 saturated carbocycles. The van der Waals surface area contributed by atoms with E-state index in [1.807, 2.05) is 56.3 Å². The van der Waals surface area contributed by atoms with Crippen molar-refractivity contribution < 1.29 is 12.8 Å². The van der Waals surface area contributed by atoms with Gasteiger partial charge < -0.3 is 4.42 Å². The van der Waals surface area contributed by atoms with Crippen LogP contribution in [0.2, 0.25) is 0 Å². The summed E-state index contributed by atoms with van der Waals surface area (Å²) in [6, 6.07) is 16.2. The highest BCUT2D eigenvalue weighted by Gasteiger charge is 2.29. The summed E-state index contributed by atoms with van der Waals surface area (Å²) in [7, 11) is -3.69. The van der Waals surface area contributed by atoms with Gasteiger partial charge in [0.2, 0.25) is 21.8 Å². The maximum absolute atomic E-state index is 13.2. The largest absolute Gasteiger partial charge is 0.419 e. The van der Waals surface area contributed by atoms with E-state index in [-0.39, 0.29) is 23.4 Å². The van der Waals surface area contributed by atoms with Crippen molar-refractivity contribution in [3.63, 3.8) is 0 Å². The SMILES string of the molecule is CC(C)c1ccc(S(=O)(=O)N(Cc2nnc(-c3ccccc3)o2)C(C)C)cc1. The zero-order valence-electron chi connectivity index (χ0n) is 16.5. The lowest BCUT2D eigenvalue weighted by Gasteiger charge is -2.24. The predicted octanol–water partition coefficient (Wildman–Crippen LogP) is 4.46. The molecule has 0 aliphatic heterocycles. The Labute approximate surface area is 166 Å². The van der Waals surface area contributed by atoms with E-state index in [4.69, 9.17) is 4.42 Å². The van der Waals surface area contributed by atoms with Gasteiger partial charge in [0.15, 0.2) is 0 Å². The Hall–Kier alpha value is -2.51. The molecule has 3 aromatic rings. The second-order valence-corrected chi connectivity index (χ2v) is 9.13. The van der Waals surface area contributed by atoms with Crippen LogP contribution in [0.4, 0.5) is 0 Å². The highest BCUT2D eigenvalue weighted by atomic mass is 32.2. The van der Waals surface area contributed by atoms with Crippen molar-refractivity contribution in [2.24, 2.45) is 0 Å². The Morgan fingerprint density at radius 3 is 2.14 bits per heavy atom. The molecule has 1 aromatic heterocycles. The number of hydrogen-bond donors (Lipinski definition) is 0. The second-order valence-electron chi connectivity index (χ2n) is 7.23. The minimum Gasteiger partial charge on any atom is -0.419 e. The lowest BCUT2D eigenvalue weighted by molar-refractivity contribution is 0.313. The highest BCUT2D eigenvalue weighted by Crippen LogP contribution is 2.24. The summed E-state index contributed by atoms with van der Waals surface area (Å²) >= 11 is 0. The highest BCUT2D eigenvalue weighted by molar-refractivity contribution is 7.89. The molecule has 0 aliphatic carbocycles. The second kappa shape index (κ2) is 8.24. The number of hydrogen-bond acceptors (Lipinski definition) is 5. The molecule has 0 saturated heterocycles. The Bertz CT molecular complexity index is 1010. The maximum atomic E-state index is 13.2. The van der Waals surface area contributed by atoms with Gasteiger partial charge >= 0.3 is 0 Å². The molecule has 0 spiro atoms. The van der Waals surface area contributed by atoms with E-state index in [9.17, 15) is 8.42 Å². The zero-order valence-corrected chi connectivity index (χ0v) is 17.3. The zero-order chi connectivity index (χ0) is 20.3. The number of sulfonamides is 1. The van der Waals surface area contributed by atoms with Gasteiger partial charge in [0, 0.05) is 11.6 Å². The lowest BCUT2D eigenvalue weighted by Crippen LogP contribution is -2.36. The smallest absolute Gasteiger partial charge is 0.247 e. The van der Waals surface area contributed by atoms with Crippen molar-refractivity contribution in [2.45, 2.75) is 51.1 Å². The molecule has 1 heterocycles. The Morgan fingerprint density at radius 1 is 0.929 bits per heavy atom. The molecule has 3 rings (SSSR count).